The molecule has 230 valence electrons. The van der Waals surface area contributed by atoms with Crippen molar-refractivity contribution in [1.29, 1.82) is 0 Å². The molecule has 0 bridgehead atoms. The molecule has 1 aromatic heterocycles. The number of pyridine rings is 1. The number of thioether (sulfide) groups is 1. The number of nitrogens with zero attached hydrogens (tertiary/aromatic N) is 3. The first-order valence-corrected chi connectivity index (χ1v) is 17.1. The molecule has 1 saturated carbocycles. The quantitative estimate of drug-likeness (QED) is 0.389. The van der Waals surface area contributed by atoms with Gasteiger partial charge in [0.2, 0.25) is 21.8 Å². The molecule has 1 aliphatic carbocycles. The third kappa shape index (κ3) is 7.39. The second-order valence-corrected chi connectivity index (χ2v) is 14.9. The molecule has 12 heteroatoms. The molecule has 2 aromatic rings. The van der Waals surface area contributed by atoms with Crippen LogP contribution in [-0.2, 0) is 19.6 Å². The van der Waals surface area contributed by atoms with Crippen LogP contribution >= 0.6 is 11.8 Å². The summed E-state index contributed by atoms with van der Waals surface area (Å²) in [4.78, 5) is 22.8. The van der Waals surface area contributed by atoms with E-state index in [-0.39, 0.29) is 22.2 Å². The summed E-state index contributed by atoms with van der Waals surface area (Å²) in [6.07, 6.45) is 5.35. The maximum absolute atomic E-state index is 13.8. The molecule has 3 aliphatic rings. The highest BCUT2D eigenvalue weighted by Crippen LogP contribution is 2.42. The van der Waals surface area contributed by atoms with E-state index in [0.717, 1.165) is 48.6 Å². The predicted octanol–water partition coefficient (Wildman–Crippen LogP) is 3.79. The second kappa shape index (κ2) is 13.1. The van der Waals surface area contributed by atoms with E-state index >= 15 is 0 Å². The molecular formula is C30H43N5O5S2. The van der Waals surface area contributed by atoms with E-state index in [1.165, 1.54) is 24.6 Å². The topological polar surface area (TPSA) is 113 Å². The third-order valence-electron chi connectivity index (χ3n) is 8.33. The molecule has 3 heterocycles. The van der Waals surface area contributed by atoms with Gasteiger partial charge < -0.3 is 19.7 Å². The molecule has 2 fully saturated rings. The average Bonchev–Trinajstić information content (AvgIpc) is 3.58. The van der Waals surface area contributed by atoms with Crippen LogP contribution in [0.5, 0.6) is 5.88 Å². The Morgan fingerprint density at radius 2 is 1.83 bits per heavy atom. The van der Waals surface area contributed by atoms with Crippen LogP contribution in [0.1, 0.15) is 57.4 Å². The molecule has 2 N–H and O–H groups in total. The number of ether oxygens (including phenoxy) is 2. The van der Waals surface area contributed by atoms with Crippen LogP contribution in [0.3, 0.4) is 0 Å². The lowest BCUT2D eigenvalue weighted by Gasteiger charge is -2.35. The molecule has 1 saturated heterocycles. The number of methoxy groups -OCH3 is 1. The SMILES string of the molecule is COc1ccc2c(n1)SC(NC(=O)C(CC1CCCC1)c1ccc(S(=O)(=O)NC(C)(C)CN3CCOCC3)cc1)N2C. The largest absolute Gasteiger partial charge is 0.481 e. The lowest BCUT2D eigenvalue weighted by Crippen LogP contribution is -2.53. The monoisotopic (exact) mass is 617 g/mol. The van der Waals surface area contributed by atoms with Crippen LogP contribution in [0.15, 0.2) is 46.3 Å². The predicted molar refractivity (Wildman–Crippen MR) is 164 cm³/mol. The molecule has 2 aliphatic heterocycles. The Kier molecular flexibility index (Phi) is 9.68. The number of benzene rings is 1. The van der Waals surface area contributed by atoms with E-state index in [4.69, 9.17) is 9.47 Å². The van der Waals surface area contributed by atoms with Crippen molar-refractivity contribution in [3.63, 3.8) is 0 Å². The van der Waals surface area contributed by atoms with Crippen molar-refractivity contribution < 1.29 is 22.7 Å². The van der Waals surface area contributed by atoms with Crippen LogP contribution in [0.25, 0.3) is 0 Å². The summed E-state index contributed by atoms with van der Waals surface area (Å²) in [6.45, 7) is 7.29. The molecular weight excluding hydrogens is 574 g/mol. The van der Waals surface area contributed by atoms with E-state index in [0.29, 0.717) is 31.6 Å². The molecule has 42 heavy (non-hydrogen) atoms. The lowest BCUT2D eigenvalue weighted by molar-refractivity contribution is -0.123. The van der Waals surface area contributed by atoms with Gasteiger partial charge in [-0.1, -0.05) is 49.6 Å². The number of amides is 1. The molecule has 10 nitrogen and oxygen atoms in total. The molecule has 1 amide bonds. The number of anilines is 1. The fourth-order valence-electron chi connectivity index (χ4n) is 6.17. The summed E-state index contributed by atoms with van der Waals surface area (Å²) in [6, 6.07) is 10.6. The molecule has 0 radical (unpaired) electrons. The molecule has 1 aromatic carbocycles. The maximum Gasteiger partial charge on any atom is 0.241 e. The van der Waals surface area contributed by atoms with E-state index in [2.05, 4.69) is 19.9 Å². The summed E-state index contributed by atoms with van der Waals surface area (Å²) in [5.41, 5.74) is 0.822. The number of sulfonamides is 1. The Morgan fingerprint density at radius 3 is 2.50 bits per heavy atom. The minimum absolute atomic E-state index is 0.0635. The third-order valence-corrected chi connectivity index (χ3v) is 11.2. The number of morpholine rings is 1. The summed E-state index contributed by atoms with van der Waals surface area (Å²) in [5, 5.41) is 4.04. The second-order valence-electron chi connectivity index (χ2n) is 12.2. The zero-order chi connectivity index (χ0) is 29.9. The van der Waals surface area contributed by atoms with Gasteiger partial charge in [0.05, 0.1) is 36.8 Å². The smallest absolute Gasteiger partial charge is 0.241 e. The summed E-state index contributed by atoms with van der Waals surface area (Å²) >= 11 is 1.49. The Labute approximate surface area is 254 Å². The fraction of sp³-hybridized carbons (Fsp3) is 0.600. The number of hydrogen-bond donors (Lipinski definition) is 2. The van der Waals surface area contributed by atoms with Crippen molar-refractivity contribution in [3.05, 3.63) is 42.0 Å². The van der Waals surface area contributed by atoms with Gasteiger partial charge in [-0.15, -0.1) is 0 Å². The van der Waals surface area contributed by atoms with Crippen LogP contribution in [0, 0.1) is 5.92 Å². The van der Waals surface area contributed by atoms with Crippen LogP contribution in [0.4, 0.5) is 5.69 Å². The van der Waals surface area contributed by atoms with E-state index < -0.39 is 15.6 Å². The number of aromatic nitrogens is 1. The highest BCUT2D eigenvalue weighted by atomic mass is 32.2. The van der Waals surface area contributed by atoms with E-state index in [9.17, 15) is 13.2 Å². The Hall–Kier alpha value is -2.38. The van der Waals surface area contributed by atoms with Gasteiger partial charge in [-0.2, -0.15) is 0 Å². The van der Waals surface area contributed by atoms with Gasteiger partial charge in [0, 0.05) is 38.3 Å². The summed E-state index contributed by atoms with van der Waals surface area (Å²) in [7, 11) is -0.223. The van der Waals surface area contributed by atoms with Crippen LogP contribution in [-0.4, -0.2) is 82.3 Å². The normalized spacial score (nSPS) is 20.9. The van der Waals surface area contributed by atoms with Gasteiger partial charge in [0.15, 0.2) is 5.50 Å². The van der Waals surface area contributed by atoms with Crippen LogP contribution < -0.4 is 19.7 Å². The highest BCUT2D eigenvalue weighted by Gasteiger charge is 2.34. The zero-order valence-electron chi connectivity index (χ0n) is 25.0. The number of fused-ring (bicyclic) bond motifs is 1. The fourth-order valence-corrected chi connectivity index (χ4v) is 8.71. The Bertz CT molecular complexity index is 1340. The number of hydrogen-bond acceptors (Lipinski definition) is 9. The Balaban J connectivity index is 1.29. The summed E-state index contributed by atoms with van der Waals surface area (Å²) < 4.78 is 40.3. The van der Waals surface area contributed by atoms with Gasteiger partial charge in [-0.25, -0.2) is 18.1 Å². The van der Waals surface area contributed by atoms with Gasteiger partial charge >= 0.3 is 0 Å². The molecule has 2 unspecified atom stereocenters. The van der Waals surface area contributed by atoms with Crippen molar-refractivity contribution in [3.8, 4) is 5.88 Å². The first kappa shape index (κ1) is 31.1. The highest BCUT2D eigenvalue weighted by molar-refractivity contribution is 8.00. The van der Waals surface area contributed by atoms with Crippen molar-refractivity contribution in [2.24, 2.45) is 5.92 Å². The Morgan fingerprint density at radius 1 is 1.14 bits per heavy atom. The van der Waals surface area contributed by atoms with Crippen molar-refractivity contribution in [2.75, 3.05) is 51.9 Å². The molecule has 2 atom stereocenters. The standard InChI is InChI=1S/C30H43N5O5S2/c1-30(2,20-35-15-17-40-18-16-35)33-42(37,38)23-11-9-22(10-12-23)24(19-21-7-5-6-8-21)27(36)32-29-34(3)25-13-14-26(39-4)31-28(25)41-29/h9-14,21,24,29,33H,5-8,15-20H2,1-4H3,(H,32,36). The van der Waals surface area contributed by atoms with Crippen LogP contribution in [0.2, 0.25) is 0 Å². The summed E-state index contributed by atoms with van der Waals surface area (Å²) in [5.74, 6) is 0.570. The van der Waals surface area contributed by atoms with Crippen molar-refractivity contribution >= 4 is 33.4 Å². The molecule has 0 spiro atoms. The maximum atomic E-state index is 13.8. The zero-order valence-corrected chi connectivity index (χ0v) is 26.6. The lowest BCUT2D eigenvalue weighted by atomic mass is 9.87. The van der Waals surface area contributed by atoms with Crippen molar-refractivity contribution in [2.45, 2.75) is 72.8 Å². The first-order valence-electron chi connectivity index (χ1n) is 14.7. The number of nitrogens with one attached hydrogen (secondary N) is 2. The average molecular weight is 618 g/mol. The first-order chi connectivity index (χ1) is 20.0. The van der Waals surface area contributed by atoms with E-state index in [1.807, 2.05) is 37.9 Å². The minimum Gasteiger partial charge on any atom is -0.481 e. The van der Waals surface area contributed by atoms with Gasteiger partial charge in [0.25, 0.3) is 0 Å². The van der Waals surface area contributed by atoms with Gasteiger partial charge in [0.1, 0.15) is 5.03 Å². The minimum atomic E-state index is -3.75. The van der Waals surface area contributed by atoms with Gasteiger partial charge in [-0.05, 0) is 49.9 Å². The molecule has 5 rings (SSSR count). The van der Waals surface area contributed by atoms with Gasteiger partial charge in [-0.3, -0.25) is 9.69 Å². The number of carbonyl (C=O) groups excluding carboxylic acids is 1. The number of carbonyl (C=O) groups is 1. The van der Waals surface area contributed by atoms with Crippen molar-refractivity contribution in [1.82, 2.24) is 19.9 Å². The number of rotatable bonds is 11. The van der Waals surface area contributed by atoms with E-state index in [1.54, 1.807) is 31.4 Å².